The molecular formula is C26H30N4O5. The van der Waals surface area contributed by atoms with E-state index >= 15 is 0 Å². The number of hydrogen-bond donors (Lipinski definition) is 2. The number of nitrogens with one attached hydrogen (secondary N) is 1. The maximum Gasteiger partial charge on any atom is 0.338 e. The zero-order valence-electron chi connectivity index (χ0n) is 20.0. The normalized spacial score (nSPS) is 10.7. The number of aromatic nitrogens is 2. The number of aromatic amines is 1. The van der Waals surface area contributed by atoms with Gasteiger partial charge in [-0.1, -0.05) is 62.7 Å². The number of carbonyl (C=O) groups excluding carboxylic acids is 2. The van der Waals surface area contributed by atoms with Crippen LogP contribution in [0.25, 0.3) is 11.1 Å². The lowest BCUT2D eigenvalue weighted by molar-refractivity contribution is -0.121. The van der Waals surface area contributed by atoms with E-state index in [4.69, 9.17) is 10.5 Å². The predicted octanol–water partition coefficient (Wildman–Crippen LogP) is 3.19. The van der Waals surface area contributed by atoms with Crippen molar-refractivity contribution in [1.29, 1.82) is 0 Å². The fourth-order valence-electron chi connectivity index (χ4n) is 3.68. The van der Waals surface area contributed by atoms with Gasteiger partial charge in [-0.05, 0) is 36.1 Å². The van der Waals surface area contributed by atoms with Gasteiger partial charge in [-0.3, -0.25) is 19.1 Å². The highest BCUT2D eigenvalue weighted by Gasteiger charge is 2.25. The van der Waals surface area contributed by atoms with Crippen LogP contribution in [0.5, 0.6) is 0 Å². The Labute approximate surface area is 203 Å². The number of unbranched alkanes of at least 4 members (excludes halogenated alkanes) is 1. The summed E-state index contributed by atoms with van der Waals surface area (Å²) in [5, 5.41) is 0. The zero-order chi connectivity index (χ0) is 25.4. The highest BCUT2D eigenvalue weighted by Crippen LogP contribution is 2.20. The maximum atomic E-state index is 13.0. The van der Waals surface area contributed by atoms with Gasteiger partial charge in [0.05, 0.1) is 5.56 Å². The number of nitrogens with zero attached hydrogens (tertiary/aromatic N) is 2. The molecule has 0 aliphatic rings. The highest BCUT2D eigenvalue weighted by molar-refractivity contribution is 5.98. The van der Waals surface area contributed by atoms with Gasteiger partial charge < -0.3 is 15.4 Å². The van der Waals surface area contributed by atoms with Gasteiger partial charge in [-0.2, -0.15) is 0 Å². The molecule has 1 amide bonds. The van der Waals surface area contributed by atoms with Crippen LogP contribution in [0.4, 0.5) is 11.5 Å². The quantitative estimate of drug-likeness (QED) is 0.431. The summed E-state index contributed by atoms with van der Waals surface area (Å²) in [6.07, 6.45) is 1.95. The van der Waals surface area contributed by atoms with E-state index in [1.807, 2.05) is 44.2 Å². The average molecular weight is 479 g/mol. The third kappa shape index (κ3) is 6.06. The molecule has 0 atom stereocenters. The van der Waals surface area contributed by atoms with Crippen LogP contribution in [-0.2, 0) is 16.1 Å². The minimum atomic E-state index is -0.757. The Morgan fingerprint density at radius 3 is 2.26 bits per heavy atom. The molecule has 0 bridgehead atoms. The first-order valence-corrected chi connectivity index (χ1v) is 11.6. The number of nitrogen functional groups attached to an aromatic ring is 1. The topological polar surface area (TPSA) is 127 Å². The lowest BCUT2D eigenvalue weighted by Gasteiger charge is -2.24. The van der Waals surface area contributed by atoms with E-state index in [0.29, 0.717) is 18.4 Å². The molecule has 3 aromatic rings. The SMILES string of the molecule is CCCCN(C(=O)COC(=O)c1ccc(-c2ccccc2)cc1)c1c(N)n(CCC)c(=O)[nH]c1=O. The van der Waals surface area contributed by atoms with Crippen molar-refractivity contribution in [3.05, 3.63) is 81.0 Å². The van der Waals surface area contributed by atoms with E-state index in [-0.39, 0.29) is 24.6 Å². The van der Waals surface area contributed by atoms with Crippen LogP contribution < -0.4 is 21.9 Å². The molecule has 1 aromatic heterocycles. The molecule has 1 heterocycles. The van der Waals surface area contributed by atoms with Gasteiger partial charge in [-0.15, -0.1) is 0 Å². The van der Waals surface area contributed by atoms with Gasteiger partial charge in [-0.25, -0.2) is 9.59 Å². The number of anilines is 2. The van der Waals surface area contributed by atoms with Gasteiger partial charge in [0.25, 0.3) is 11.5 Å². The molecule has 0 aliphatic carbocycles. The van der Waals surface area contributed by atoms with Crippen molar-refractivity contribution >= 4 is 23.4 Å². The lowest BCUT2D eigenvalue weighted by atomic mass is 10.0. The molecule has 0 aliphatic heterocycles. The number of ether oxygens (including phenoxy) is 1. The summed E-state index contributed by atoms with van der Waals surface area (Å²) < 4.78 is 6.47. The number of amides is 1. The molecule has 0 fully saturated rings. The number of rotatable bonds is 10. The molecule has 0 unspecified atom stereocenters. The molecule has 2 aromatic carbocycles. The summed E-state index contributed by atoms with van der Waals surface area (Å²) in [6, 6.07) is 16.6. The molecule has 9 nitrogen and oxygen atoms in total. The number of nitrogens with two attached hydrogens (primary N) is 1. The molecule has 184 valence electrons. The van der Waals surface area contributed by atoms with Crippen molar-refractivity contribution in [2.75, 3.05) is 23.8 Å². The first-order chi connectivity index (χ1) is 16.9. The van der Waals surface area contributed by atoms with Crippen LogP contribution in [0.1, 0.15) is 43.5 Å². The molecular weight excluding hydrogens is 448 g/mol. The van der Waals surface area contributed by atoms with Gasteiger partial charge in [0.15, 0.2) is 12.3 Å². The monoisotopic (exact) mass is 478 g/mol. The minimum Gasteiger partial charge on any atom is -0.452 e. The van der Waals surface area contributed by atoms with Crippen LogP contribution in [0.3, 0.4) is 0 Å². The van der Waals surface area contributed by atoms with Gasteiger partial charge in [0.2, 0.25) is 0 Å². The van der Waals surface area contributed by atoms with Crippen molar-refractivity contribution in [1.82, 2.24) is 9.55 Å². The summed E-state index contributed by atoms with van der Waals surface area (Å²) in [6.45, 7) is 3.71. The van der Waals surface area contributed by atoms with Crippen molar-refractivity contribution in [3.63, 3.8) is 0 Å². The molecule has 0 saturated heterocycles. The number of hydrogen-bond acceptors (Lipinski definition) is 6. The third-order valence-electron chi connectivity index (χ3n) is 5.52. The number of carbonyl (C=O) groups is 2. The van der Waals surface area contributed by atoms with Crippen LogP contribution >= 0.6 is 0 Å². The van der Waals surface area contributed by atoms with E-state index in [2.05, 4.69) is 4.98 Å². The van der Waals surface area contributed by atoms with Crippen LogP contribution in [0.2, 0.25) is 0 Å². The van der Waals surface area contributed by atoms with Gasteiger partial charge >= 0.3 is 11.7 Å². The third-order valence-corrected chi connectivity index (χ3v) is 5.52. The smallest absolute Gasteiger partial charge is 0.338 e. The summed E-state index contributed by atoms with van der Waals surface area (Å²) in [4.78, 5) is 53.7. The molecule has 0 radical (unpaired) electrons. The first kappa shape index (κ1) is 25.5. The number of H-pyrrole nitrogens is 1. The van der Waals surface area contributed by atoms with Crippen LogP contribution in [0.15, 0.2) is 64.2 Å². The van der Waals surface area contributed by atoms with E-state index < -0.39 is 29.7 Å². The Morgan fingerprint density at radius 1 is 0.971 bits per heavy atom. The van der Waals surface area contributed by atoms with Crippen molar-refractivity contribution in [2.24, 2.45) is 0 Å². The molecule has 35 heavy (non-hydrogen) atoms. The highest BCUT2D eigenvalue weighted by atomic mass is 16.5. The van der Waals surface area contributed by atoms with E-state index in [0.717, 1.165) is 17.5 Å². The Hall–Kier alpha value is -4.14. The van der Waals surface area contributed by atoms with Crippen molar-refractivity contribution in [3.8, 4) is 11.1 Å². The molecule has 0 saturated carbocycles. The summed E-state index contributed by atoms with van der Waals surface area (Å²) >= 11 is 0. The fourth-order valence-corrected chi connectivity index (χ4v) is 3.68. The second-order valence-corrected chi connectivity index (χ2v) is 8.06. The molecule has 3 N–H and O–H groups in total. The van der Waals surface area contributed by atoms with E-state index in [1.165, 1.54) is 9.47 Å². The molecule has 0 spiro atoms. The Morgan fingerprint density at radius 2 is 1.63 bits per heavy atom. The Kier molecular flexibility index (Phi) is 8.61. The van der Waals surface area contributed by atoms with Crippen LogP contribution in [-0.4, -0.2) is 34.6 Å². The predicted molar refractivity (Wildman–Crippen MR) is 135 cm³/mol. The van der Waals surface area contributed by atoms with E-state index in [1.54, 1.807) is 24.3 Å². The van der Waals surface area contributed by atoms with Crippen LogP contribution in [0, 0.1) is 0 Å². The van der Waals surface area contributed by atoms with Gasteiger partial charge in [0.1, 0.15) is 5.82 Å². The second kappa shape index (κ2) is 11.8. The molecule has 3 rings (SSSR count). The average Bonchev–Trinajstić information content (AvgIpc) is 2.87. The molecule has 9 heteroatoms. The van der Waals surface area contributed by atoms with Crippen molar-refractivity contribution in [2.45, 2.75) is 39.7 Å². The maximum absolute atomic E-state index is 13.0. The zero-order valence-corrected chi connectivity index (χ0v) is 20.0. The van der Waals surface area contributed by atoms with Crippen molar-refractivity contribution < 1.29 is 14.3 Å². The standard InChI is InChI=1S/C26H30N4O5/c1-3-5-16-29(22-23(27)30(15-4-2)26(34)28-24(22)32)21(31)17-35-25(33)20-13-11-19(12-14-20)18-9-7-6-8-10-18/h6-14H,3-5,15-17,27H2,1-2H3,(H,28,32,34). The number of benzene rings is 2. The van der Waals surface area contributed by atoms with Gasteiger partial charge in [0, 0.05) is 13.1 Å². The summed E-state index contributed by atoms with van der Waals surface area (Å²) in [5.41, 5.74) is 6.89. The minimum absolute atomic E-state index is 0.0899. The fraction of sp³-hybridized carbons (Fsp3) is 0.308. The lowest BCUT2D eigenvalue weighted by Crippen LogP contribution is -2.43. The first-order valence-electron chi connectivity index (χ1n) is 11.6. The Bertz CT molecular complexity index is 1280. The van der Waals surface area contributed by atoms with E-state index in [9.17, 15) is 19.2 Å². The number of esters is 1. The Balaban J connectivity index is 1.77. The second-order valence-electron chi connectivity index (χ2n) is 8.06. The summed E-state index contributed by atoms with van der Waals surface area (Å²) in [7, 11) is 0. The summed E-state index contributed by atoms with van der Waals surface area (Å²) in [5.74, 6) is -1.36. The largest absolute Gasteiger partial charge is 0.452 e.